The van der Waals surface area contributed by atoms with E-state index in [-0.39, 0.29) is 0 Å². The van der Waals surface area contributed by atoms with Gasteiger partial charge in [0.1, 0.15) is 5.92 Å². The van der Waals surface area contributed by atoms with Crippen LogP contribution >= 0.6 is 0 Å². The van der Waals surface area contributed by atoms with Gasteiger partial charge in [-0.25, -0.2) is 9.59 Å². The smallest absolute Gasteiger partial charge is 0.333 e. The van der Waals surface area contributed by atoms with E-state index in [1.54, 1.807) is 0 Å². The van der Waals surface area contributed by atoms with Gasteiger partial charge >= 0.3 is 47.8 Å². The molecule has 32 heavy (non-hydrogen) atoms. The Morgan fingerprint density at radius 3 is 1.25 bits per heavy atom. The monoisotopic (exact) mass is 464 g/mol. The Labute approximate surface area is 175 Å². The molecule has 0 fully saturated rings. The summed E-state index contributed by atoms with van der Waals surface area (Å²) in [5.41, 5.74) is -3.44. The molecule has 0 saturated heterocycles. The molecule has 0 aromatic carbocycles. The van der Waals surface area contributed by atoms with Gasteiger partial charge in [0.05, 0.1) is 41.7 Å². The van der Waals surface area contributed by atoms with Gasteiger partial charge in [0.2, 0.25) is 0 Å². The molecule has 0 bridgehead atoms. The Morgan fingerprint density at radius 1 is 0.531 bits per heavy atom. The fraction of sp³-hybridized carbons (Fsp3) is 0.375. The fourth-order valence-electron chi connectivity index (χ4n) is 2.98. The maximum absolute atomic E-state index is 11.8. The van der Waals surface area contributed by atoms with Crippen LogP contribution in [0.4, 0.5) is 0 Å². The number of hydrogen-bond donors (Lipinski definition) is 8. The van der Waals surface area contributed by atoms with Crippen molar-refractivity contribution in [3.8, 4) is 0 Å². The largest absolute Gasteiger partial charge is 0.481 e. The van der Waals surface area contributed by atoms with Crippen molar-refractivity contribution in [2.75, 3.05) is 0 Å². The summed E-state index contributed by atoms with van der Waals surface area (Å²) in [5, 5.41) is 73.6. The molecule has 0 aliphatic rings. The molecule has 0 aromatic rings. The number of carboxylic acid groups (broad SMARTS) is 8. The van der Waals surface area contributed by atoms with Crippen LogP contribution in [-0.2, 0) is 38.4 Å². The minimum Gasteiger partial charge on any atom is -0.481 e. The highest BCUT2D eigenvalue weighted by atomic mass is 16.4. The van der Waals surface area contributed by atoms with E-state index in [1.807, 2.05) is 0 Å². The lowest BCUT2D eigenvalue weighted by atomic mass is 9.70. The molecule has 0 saturated carbocycles. The third-order valence-electron chi connectivity index (χ3n) is 4.18. The first-order valence-electron chi connectivity index (χ1n) is 8.08. The zero-order chi connectivity index (χ0) is 25.5. The predicted octanol–water partition coefficient (Wildman–Crippen LogP) is -1.80. The van der Waals surface area contributed by atoms with Crippen molar-refractivity contribution in [3.05, 3.63) is 11.1 Å². The zero-order valence-corrected chi connectivity index (χ0v) is 15.6. The highest BCUT2D eigenvalue weighted by Gasteiger charge is 2.52. The van der Waals surface area contributed by atoms with Crippen LogP contribution in [0, 0.1) is 23.7 Å². The minimum atomic E-state index is -3.09. The van der Waals surface area contributed by atoms with Crippen molar-refractivity contribution in [1.82, 2.24) is 0 Å². The molecule has 0 aliphatic heterocycles. The van der Waals surface area contributed by atoms with Crippen molar-refractivity contribution >= 4 is 47.8 Å². The van der Waals surface area contributed by atoms with Crippen molar-refractivity contribution in [1.29, 1.82) is 0 Å². The molecular formula is C16H16O16. The fourth-order valence-corrected chi connectivity index (χ4v) is 2.98. The number of carboxylic acids is 8. The van der Waals surface area contributed by atoms with Crippen LogP contribution in [0.1, 0.15) is 12.8 Å². The lowest BCUT2D eigenvalue weighted by molar-refractivity contribution is -0.169. The van der Waals surface area contributed by atoms with Gasteiger partial charge in [-0.15, -0.1) is 0 Å². The van der Waals surface area contributed by atoms with E-state index >= 15 is 0 Å². The minimum absolute atomic E-state index is 1.52. The molecule has 4 unspecified atom stereocenters. The van der Waals surface area contributed by atoms with Gasteiger partial charge in [0.15, 0.2) is 0 Å². The molecule has 0 amide bonds. The molecule has 0 rings (SSSR count). The number of aliphatic carboxylic acids is 8. The maximum atomic E-state index is 11.8. The van der Waals surface area contributed by atoms with Crippen LogP contribution in [0.15, 0.2) is 11.1 Å². The van der Waals surface area contributed by atoms with Gasteiger partial charge in [0.25, 0.3) is 0 Å². The lowest BCUT2D eigenvalue weighted by Gasteiger charge is -2.30. The normalized spacial score (nSPS) is 15.2. The zero-order valence-electron chi connectivity index (χ0n) is 15.6. The second kappa shape index (κ2) is 11.0. The molecule has 0 heterocycles. The molecule has 4 atom stereocenters. The summed E-state index contributed by atoms with van der Waals surface area (Å²) in [6.45, 7) is 0. The summed E-state index contributed by atoms with van der Waals surface area (Å²) < 4.78 is 0. The van der Waals surface area contributed by atoms with E-state index in [4.69, 9.17) is 15.3 Å². The van der Waals surface area contributed by atoms with Crippen molar-refractivity contribution in [2.24, 2.45) is 23.7 Å². The van der Waals surface area contributed by atoms with E-state index in [0.29, 0.717) is 0 Å². The standard InChI is InChI=1S/C16H16O16/c17-5(18)1-3(11(21)22)7(13(25)26)9(15(29)30)10(16(31)32)8(14(27)28)4(12(23)24)2-6(19)20/h3,7,9-10H,1-2H2,(H,17,18)(H,19,20)(H,21,22)(H,23,24)(H,25,26)(H,27,28)(H,29,30)(H,31,32). The van der Waals surface area contributed by atoms with Gasteiger partial charge in [-0.05, 0) is 0 Å². The van der Waals surface area contributed by atoms with E-state index < -0.39 is 95.4 Å². The van der Waals surface area contributed by atoms with Gasteiger partial charge < -0.3 is 40.9 Å². The molecule has 0 aromatic heterocycles. The molecule has 16 nitrogen and oxygen atoms in total. The Hall–Kier alpha value is -4.50. The molecule has 0 spiro atoms. The third kappa shape index (κ3) is 6.78. The SMILES string of the molecule is O=C(O)CC(C(=O)O)=C(C(=O)O)C(C(=O)O)C(C(=O)O)C(C(=O)O)C(CC(=O)O)C(=O)O. The number of hydrogen-bond acceptors (Lipinski definition) is 8. The van der Waals surface area contributed by atoms with Crippen molar-refractivity contribution < 1.29 is 79.2 Å². The first kappa shape index (κ1) is 27.5. The molecule has 176 valence electrons. The van der Waals surface area contributed by atoms with E-state index in [0.717, 1.165) is 0 Å². The number of carbonyl (C=O) groups is 8. The van der Waals surface area contributed by atoms with Crippen LogP contribution in [0.25, 0.3) is 0 Å². The number of rotatable bonds is 14. The maximum Gasteiger partial charge on any atom is 0.333 e. The van der Waals surface area contributed by atoms with Crippen molar-refractivity contribution in [2.45, 2.75) is 12.8 Å². The van der Waals surface area contributed by atoms with E-state index in [1.165, 1.54) is 0 Å². The van der Waals surface area contributed by atoms with Crippen molar-refractivity contribution in [3.63, 3.8) is 0 Å². The van der Waals surface area contributed by atoms with Crippen LogP contribution in [0.5, 0.6) is 0 Å². The summed E-state index contributed by atoms with van der Waals surface area (Å²) >= 11 is 0. The van der Waals surface area contributed by atoms with Gasteiger partial charge in [-0.1, -0.05) is 0 Å². The summed E-state index contributed by atoms with van der Waals surface area (Å²) in [5.74, 6) is -29.6. The summed E-state index contributed by atoms with van der Waals surface area (Å²) in [6, 6.07) is 0. The Kier molecular flexibility index (Phi) is 9.49. The van der Waals surface area contributed by atoms with Crippen LogP contribution < -0.4 is 0 Å². The molecule has 0 radical (unpaired) electrons. The molecule has 16 heteroatoms. The van der Waals surface area contributed by atoms with Crippen LogP contribution in [-0.4, -0.2) is 88.6 Å². The first-order valence-corrected chi connectivity index (χ1v) is 8.08. The second-order valence-corrected chi connectivity index (χ2v) is 6.16. The second-order valence-electron chi connectivity index (χ2n) is 6.16. The first-order chi connectivity index (χ1) is 14.5. The van der Waals surface area contributed by atoms with Crippen LogP contribution in [0.3, 0.4) is 0 Å². The Balaban J connectivity index is 7.32. The average Bonchev–Trinajstić information content (AvgIpc) is 2.59. The topological polar surface area (TPSA) is 298 Å². The van der Waals surface area contributed by atoms with E-state index in [9.17, 15) is 63.9 Å². The van der Waals surface area contributed by atoms with E-state index in [2.05, 4.69) is 0 Å². The van der Waals surface area contributed by atoms with Gasteiger partial charge in [0, 0.05) is 0 Å². The molecule has 8 N–H and O–H groups in total. The Morgan fingerprint density at radius 2 is 1.00 bits per heavy atom. The average molecular weight is 464 g/mol. The summed E-state index contributed by atoms with van der Waals surface area (Å²) in [7, 11) is 0. The highest BCUT2D eigenvalue weighted by molar-refractivity contribution is 6.06. The lowest BCUT2D eigenvalue weighted by Crippen LogP contribution is -2.47. The van der Waals surface area contributed by atoms with Gasteiger partial charge in [-0.3, -0.25) is 28.8 Å². The summed E-state index contributed by atoms with van der Waals surface area (Å²) in [6.07, 6.45) is -3.14. The third-order valence-corrected chi connectivity index (χ3v) is 4.18. The molecular weight excluding hydrogens is 448 g/mol. The quantitative estimate of drug-likeness (QED) is 0.131. The molecule has 0 aliphatic carbocycles. The summed E-state index contributed by atoms with van der Waals surface area (Å²) in [4.78, 5) is 91.6. The van der Waals surface area contributed by atoms with Crippen LogP contribution in [0.2, 0.25) is 0 Å². The van der Waals surface area contributed by atoms with Gasteiger partial charge in [-0.2, -0.15) is 0 Å². The predicted molar refractivity (Wildman–Crippen MR) is 91.3 cm³/mol. The highest BCUT2D eigenvalue weighted by Crippen LogP contribution is 2.36. The Bertz CT molecular complexity index is 896.